The van der Waals surface area contributed by atoms with Crippen LogP contribution in [0.3, 0.4) is 0 Å². The van der Waals surface area contributed by atoms with Gasteiger partial charge in [0.1, 0.15) is 0 Å². The number of rotatable bonds is 5. The molecule has 1 amide bonds. The van der Waals surface area contributed by atoms with E-state index in [-0.39, 0.29) is 17.7 Å². The molecule has 0 fully saturated rings. The minimum atomic E-state index is -0.528. The van der Waals surface area contributed by atoms with Crippen molar-refractivity contribution in [3.05, 3.63) is 23.7 Å². The van der Waals surface area contributed by atoms with Crippen molar-refractivity contribution in [1.82, 2.24) is 10.6 Å². The second-order valence-corrected chi connectivity index (χ2v) is 3.48. The second kappa shape index (κ2) is 6.05. The van der Waals surface area contributed by atoms with Gasteiger partial charge in [-0.15, -0.1) is 0 Å². The highest BCUT2D eigenvalue weighted by atomic mass is 16.5. The van der Waals surface area contributed by atoms with E-state index >= 15 is 0 Å². The number of likely N-dealkylation sites (N-methyl/N-ethyl adjacent to an activating group) is 1. The Bertz CT molecular complexity index is 400. The fraction of sp³-hybridized carbons (Fsp3) is 0.455. The maximum atomic E-state index is 11.3. The highest BCUT2D eigenvalue weighted by Gasteiger charge is 2.17. The summed E-state index contributed by atoms with van der Waals surface area (Å²) >= 11 is 0. The number of furan rings is 1. The summed E-state index contributed by atoms with van der Waals surface area (Å²) in [4.78, 5) is 22.6. The smallest absolute Gasteiger partial charge is 0.374 e. The van der Waals surface area contributed by atoms with E-state index in [1.807, 2.05) is 0 Å². The number of methoxy groups -OCH3 is 1. The minimum Gasteiger partial charge on any atom is -0.463 e. The van der Waals surface area contributed by atoms with Crippen LogP contribution in [0.15, 0.2) is 16.7 Å². The average molecular weight is 240 g/mol. The van der Waals surface area contributed by atoms with Crippen LogP contribution < -0.4 is 10.6 Å². The standard InChI is InChI=1S/C11H16N2O4/c1-7(10(14)12-2)13-6-8-4-5-17-9(8)11(15)16-3/h4-5,7,13H,6H2,1-3H3,(H,12,14). The molecule has 0 aliphatic heterocycles. The molecular weight excluding hydrogens is 224 g/mol. The lowest BCUT2D eigenvalue weighted by molar-refractivity contribution is -0.122. The number of ether oxygens (including phenoxy) is 1. The lowest BCUT2D eigenvalue weighted by Gasteiger charge is -2.11. The monoisotopic (exact) mass is 240 g/mol. The van der Waals surface area contributed by atoms with Gasteiger partial charge in [-0.2, -0.15) is 0 Å². The molecule has 0 aromatic carbocycles. The van der Waals surface area contributed by atoms with Gasteiger partial charge in [-0.1, -0.05) is 0 Å². The molecule has 1 unspecified atom stereocenters. The quantitative estimate of drug-likeness (QED) is 0.723. The van der Waals surface area contributed by atoms with E-state index in [1.54, 1.807) is 20.0 Å². The number of hydrogen-bond donors (Lipinski definition) is 2. The van der Waals surface area contributed by atoms with Crippen molar-refractivity contribution in [2.24, 2.45) is 0 Å². The summed E-state index contributed by atoms with van der Waals surface area (Å²) in [6, 6.07) is 1.32. The van der Waals surface area contributed by atoms with Gasteiger partial charge in [0.2, 0.25) is 11.7 Å². The molecule has 1 aromatic heterocycles. The predicted molar refractivity (Wildman–Crippen MR) is 60.4 cm³/mol. The maximum Gasteiger partial charge on any atom is 0.374 e. The lowest BCUT2D eigenvalue weighted by Crippen LogP contribution is -2.40. The highest BCUT2D eigenvalue weighted by molar-refractivity contribution is 5.87. The Morgan fingerprint density at radius 3 is 2.82 bits per heavy atom. The Morgan fingerprint density at radius 1 is 1.53 bits per heavy atom. The first kappa shape index (κ1) is 13.2. The van der Waals surface area contributed by atoms with Crippen LogP contribution in [-0.4, -0.2) is 32.1 Å². The van der Waals surface area contributed by atoms with Crippen molar-refractivity contribution >= 4 is 11.9 Å². The molecule has 0 bridgehead atoms. The Hall–Kier alpha value is -1.82. The summed E-state index contributed by atoms with van der Waals surface area (Å²) < 4.78 is 9.59. The van der Waals surface area contributed by atoms with Crippen LogP contribution in [0, 0.1) is 0 Å². The van der Waals surface area contributed by atoms with Crippen LogP contribution >= 0.6 is 0 Å². The zero-order valence-electron chi connectivity index (χ0n) is 10.1. The summed E-state index contributed by atoms with van der Waals surface area (Å²) in [7, 11) is 2.85. The number of esters is 1. The molecule has 6 heteroatoms. The minimum absolute atomic E-state index is 0.117. The molecule has 1 atom stereocenters. The zero-order chi connectivity index (χ0) is 12.8. The molecule has 1 heterocycles. The summed E-state index contributed by atoms with van der Waals surface area (Å²) in [5, 5.41) is 5.50. The van der Waals surface area contributed by atoms with Crippen LogP contribution in [0.2, 0.25) is 0 Å². The van der Waals surface area contributed by atoms with Gasteiger partial charge in [-0.3, -0.25) is 4.79 Å². The molecule has 6 nitrogen and oxygen atoms in total. The van der Waals surface area contributed by atoms with Gasteiger partial charge < -0.3 is 19.8 Å². The van der Waals surface area contributed by atoms with Crippen molar-refractivity contribution in [1.29, 1.82) is 0 Å². The van der Waals surface area contributed by atoms with Crippen molar-refractivity contribution in [3.63, 3.8) is 0 Å². The molecule has 2 N–H and O–H groups in total. The third kappa shape index (κ3) is 3.32. The van der Waals surface area contributed by atoms with Crippen LogP contribution in [0.1, 0.15) is 23.0 Å². The largest absolute Gasteiger partial charge is 0.463 e. The Morgan fingerprint density at radius 2 is 2.24 bits per heavy atom. The van der Waals surface area contributed by atoms with Gasteiger partial charge in [0.15, 0.2) is 0 Å². The molecule has 1 aromatic rings. The molecule has 0 aliphatic carbocycles. The molecule has 0 radical (unpaired) electrons. The van der Waals surface area contributed by atoms with Crippen molar-refractivity contribution in [2.45, 2.75) is 19.5 Å². The van der Waals surface area contributed by atoms with E-state index < -0.39 is 5.97 Å². The first-order valence-electron chi connectivity index (χ1n) is 5.19. The van der Waals surface area contributed by atoms with E-state index in [0.29, 0.717) is 12.1 Å². The molecule has 94 valence electrons. The van der Waals surface area contributed by atoms with Crippen LogP contribution in [0.4, 0.5) is 0 Å². The average Bonchev–Trinajstić information content (AvgIpc) is 2.82. The molecule has 17 heavy (non-hydrogen) atoms. The number of hydrogen-bond acceptors (Lipinski definition) is 5. The third-order valence-corrected chi connectivity index (χ3v) is 2.36. The van der Waals surface area contributed by atoms with Crippen LogP contribution in [0.5, 0.6) is 0 Å². The molecule has 0 spiro atoms. The van der Waals surface area contributed by atoms with Crippen molar-refractivity contribution < 1.29 is 18.7 Å². The fourth-order valence-corrected chi connectivity index (χ4v) is 1.32. The Balaban J connectivity index is 2.61. The number of amides is 1. The SMILES string of the molecule is CNC(=O)C(C)NCc1ccoc1C(=O)OC. The van der Waals surface area contributed by atoms with Gasteiger partial charge in [-0.25, -0.2) is 4.79 Å². The van der Waals surface area contributed by atoms with Gasteiger partial charge in [-0.05, 0) is 13.0 Å². The Labute approximate surface area is 99.3 Å². The molecular formula is C11H16N2O4. The van der Waals surface area contributed by atoms with Gasteiger partial charge in [0.05, 0.1) is 19.4 Å². The summed E-state index contributed by atoms with van der Waals surface area (Å²) in [6.07, 6.45) is 1.41. The number of carbonyl (C=O) groups excluding carboxylic acids is 2. The summed E-state index contributed by atoms with van der Waals surface area (Å²) in [5.74, 6) is -0.489. The van der Waals surface area contributed by atoms with E-state index in [1.165, 1.54) is 13.4 Å². The number of carbonyl (C=O) groups is 2. The van der Waals surface area contributed by atoms with E-state index in [2.05, 4.69) is 15.4 Å². The molecule has 0 saturated carbocycles. The van der Waals surface area contributed by atoms with Crippen molar-refractivity contribution in [2.75, 3.05) is 14.2 Å². The predicted octanol–water partition coefficient (Wildman–Crippen LogP) is 0.290. The van der Waals surface area contributed by atoms with E-state index in [9.17, 15) is 9.59 Å². The summed E-state index contributed by atoms with van der Waals surface area (Å²) in [6.45, 7) is 2.09. The number of nitrogens with one attached hydrogen (secondary N) is 2. The van der Waals surface area contributed by atoms with E-state index in [4.69, 9.17) is 4.42 Å². The zero-order valence-corrected chi connectivity index (χ0v) is 10.1. The molecule has 0 aliphatic rings. The molecule has 0 saturated heterocycles. The Kier molecular flexibility index (Phi) is 4.71. The first-order valence-corrected chi connectivity index (χ1v) is 5.19. The maximum absolute atomic E-state index is 11.3. The second-order valence-electron chi connectivity index (χ2n) is 3.48. The van der Waals surface area contributed by atoms with Gasteiger partial charge in [0.25, 0.3) is 0 Å². The third-order valence-electron chi connectivity index (χ3n) is 2.36. The topological polar surface area (TPSA) is 80.6 Å². The molecule has 1 rings (SSSR count). The van der Waals surface area contributed by atoms with Crippen molar-refractivity contribution in [3.8, 4) is 0 Å². The van der Waals surface area contributed by atoms with Gasteiger partial charge in [0, 0.05) is 19.2 Å². The van der Waals surface area contributed by atoms with Crippen LogP contribution in [0.25, 0.3) is 0 Å². The summed E-state index contributed by atoms with van der Waals surface area (Å²) in [5.41, 5.74) is 0.660. The highest BCUT2D eigenvalue weighted by Crippen LogP contribution is 2.11. The first-order chi connectivity index (χ1) is 8.10. The lowest BCUT2D eigenvalue weighted by atomic mass is 10.2. The fourth-order valence-electron chi connectivity index (χ4n) is 1.32. The van der Waals surface area contributed by atoms with Gasteiger partial charge >= 0.3 is 5.97 Å². The van der Waals surface area contributed by atoms with E-state index in [0.717, 1.165) is 0 Å². The van der Waals surface area contributed by atoms with Crippen LogP contribution in [-0.2, 0) is 16.1 Å². The normalized spacial score (nSPS) is 11.9.